The molecule has 1 saturated heterocycles. The van der Waals surface area contributed by atoms with Crippen molar-refractivity contribution >= 4 is 23.0 Å². The standard InChI is InChI=1S/C22H24F3N3O4/c1-2-13-32-20-6-4-3-5-17(20)26-21(29)15-9-11-27(12-10-15)18-8-7-16(22(23,24)25)14-19(18)28(30)31/h3-8,14-15H,2,9-13H2,1H3,(H,26,29). The van der Waals surface area contributed by atoms with Crippen LogP contribution in [0.2, 0.25) is 0 Å². The molecule has 0 aliphatic carbocycles. The van der Waals surface area contributed by atoms with Crippen LogP contribution in [0.3, 0.4) is 0 Å². The molecule has 172 valence electrons. The summed E-state index contributed by atoms with van der Waals surface area (Å²) in [4.78, 5) is 25.0. The van der Waals surface area contributed by atoms with Gasteiger partial charge in [0.2, 0.25) is 5.91 Å². The van der Waals surface area contributed by atoms with Crippen LogP contribution in [0.15, 0.2) is 42.5 Å². The van der Waals surface area contributed by atoms with E-state index in [4.69, 9.17) is 4.74 Å². The summed E-state index contributed by atoms with van der Waals surface area (Å²) in [6, 6.07) is 9.66. The predicted molar refractivity (Wildman–Crippen MR) is 114 cm³/mol. The Labute approximate surface area is 183 Å². The van der Waals surface area contributed by atoms with Gasteiger partial charge in [0.15, 0.2) is 0 Å². The Morgan fingerprint density at radius 1 is 1.22 bits per heavy atom. The van der Waals surface area contributed by atoms with Crippen molar-refractivity contribution in [1.82, 2.24) is 0 Å². The van der Waals surface area contributed by atoms with E-state index in [2.05, 4.69) is 5.32 Å². The Kier molecular flexibility index (Phi) is 7.22. The van der Waals surface area contributed by atoms with Crippen LogP contribution in [0.1, 0.15) is 31.7 Å². The fourth-order valence-corrected chi connectivity index (χ4v) is 3.64. The number of halogens is 3. The molecular formula is C22H24F3N3O4. The number of para-hydroxylation sites is 2. The Morgan fingerprint density at radius 2 is 1.91 bits per heavy atom. The molecule has 32 heavy (non-hydrogen) atoms. The minimum Gasteiger partial charge on any atom is -0.491 e. The van der Waals surface area contributed by atoms with Crippen molar-refractivity contribution in [3.63, 3.8) is 0 Å². The van der Waals surface area contributed by atoms with Crippen molar-refractivity contribution in [3.05, 3.63) is 58.1 Å². The summed E-state index contributed by atoms with van der Waals surface area (Å²) >= 11 is 0. The third-order valence-electron chi connectivity index (χ3n) is 5.31. The number of nitrogens with zero attached hydrogens (tertiary/aromatic N) is 2. The second kappa shape index (κ2) is 9.88. The molecule has 0 atom stereocenters. The summed E-state index contributed by atoms with van der Waals surface area (Å²) in [7, 11) is 0. The summed E-state index contributed by atoms with van der Waals surface area (Å²) in [5.41, 5.74) is -0.956. The van der Waals surface area contributed by atoms with E-state index in [0.717, 1.165) is 18.6 Å². The highest BCUT2D eigenvalue weighted by Gasteiger charge is 2.35. The highest BCUT2D eigenvalue weighted by atomic mass is 19.4. The minimum absolute atomic E-state index is 0.125. The number of hydrogen-bond acceptors (Lipinski definition) is 5. The summed E-state index contributed by atoms with van der Waals surface area (Å²) in [6.45, 7) is 3.14. The van der Waals surface area contributed by atoms with Gasteiger partial charge in [0, 0.05) is 25.1 Å². The van der Waals surface area contributed by atoms with E-state index in [1.165, 1.54) is 0 Å². The molecule has 1 N–H and O–H groups in total. The normalized spacial score (nSPS) is 14.8. The fourth-order valence-electron chi connectivity index (χ4n) is 3.64. The van der Waals surface area contributed by atoms with Gasteiger partial charge in [0.1, 0.15) is 11.4 Å². The predicted octanol–water partition coefficient (Wildman–Crippen LogP) is 5.26. The average Bonchev–Trinajstić information content (AvgIpc) is 2.77. The summed E-state index contributed by atoms with van der Waals surface area (Å²) in [5.74, 6) is 0.0821. The van der Waals surface area contributed by atoms with Crippen LogP contribution < -0.4 is 15.0 Å². The number of alkyl halides is 3. The molecule has 0 saturated carbocycles. The molecule has 10 heteroatoms. The lowest BCUT2D eigenvalue weighted by Crippen LogP contribution is -2.38. The number of carbonyl (C=O) groups is 1. The van der Waals surface area contributed by atoms with E-state index < -0.39 is 22.4 Å². The summed E-state index contributed by atoms with van der Waals surface area (Å²) in [5, 5.41) is 14.2. The van der Waals surface area contributed by atoms with Gasteiger partial charge in [-0.25, -0.2) is 0 Å². The third kappa shape index (κ3) is 5.49. The maximum atomic E-state index is 12.9. The number of benzene rings is 2. The maximum Gasteiger partial charge on any atom is 0.416 e. The van der Waals surface area contributed by atoms with E-state index in [-0.39, 0.29) is 17.5 Å². The second-order valence-corrected chi connectivity index (χ2v) is 7.55. The number of amides is 1. The molecule has 0 bridgehead atoms. The first-order valence-electron chi connectivity index (χ1n) is 10.3. The molecule has 2 aromatic rings. The van der Waals surface area contributed by atoms with Crippen LogP contribution in [0.5, 0.6) is 5.75 Å². The lowest BCUT2D eigenvalue weighted by molar-refractivity contribution is -0.384. The molecule has 0 spiro atoms. The maximum absolute atomic E-state index is 12.9. The molecular weight excluding hydrogens is 427 g/mol. The largest absolute Gasteiger partial charge is 0.491 e. The van der Waals surface area contributed by atoms with E-state index in [9.17, 15) is 28.1 Å². The molecule has 7 nitrogen and oxygen atoms in total. The van der Waals surface area contributed by atoms with E-state index >= 15 is 0 Å². The Bertz CT molecular complexity index is 973. The van der Waals surface area contributed by atoms with Gasteiger partial charge >= 0.3 is 6.18 Å². The molecule has 1 aliphatic heterocycles. The number of ether oxygens (including phenoxy) is 1. The SMILES string of the molecule is CCCOc1ccccc1NC(=O)C1CCN(c2ccc(C(F)(F)F)cc2[N+](=O)[O-])CC1. The van der Waals surface area contributed by atoms with Gasteiger partial charge < -0.3 is 15.0 Å². The zero-order valence-electron chi connectivity index (χ0n) is 17.5. The zero-order chi connectivity index (χ0) is 23.3. The summed E-state index contributed by atoms with van der Waals surface area (Å²) < 4.78 is 44.4. The molecule has 1 heterocycles. The second-order valence-electron chi connectivity index (χ2n) is 7.55. The number of anilines is 2. The first-order valence-corrected chi connectivity index (χ1v) is 10.3. The van der Waals surface area contributed by atoms with Gasteiger partial charge in [0.05, 0.1) is 22.8 Å². The van der Waals surface area contributed by atoms with Crippen LogP contribution in [-0.2, 0) is 11.0 Å². The van der Waals surface area contributed by atoms with Gasteiger partial charge in [-0.3, -0.25) is 14.9 Å². The fraction of sp³-hybridized carbons (Fsp3) is 0.409. The number of rotatable bonds is 7. The van der Waals surface area contributed by atoms with E-state index in [0.29, 0.717) is 50.0 Å². The lowest BCUT2D eigenvalue weighted by Gasteiger charge is -2.32. The molecule has 0 unspecified atom stereocenters. The number of hydrogen-bond donors (Lipinski definition) is 1. The first-order chi connectivity index (χ1) is 15.2. The smallest absolute Gasteiger partial charge is 0.416 e. The van der Waals surface area contributed by atoms with Gasteiger partial charge in [0.25, 0.3) is 5.69 Å². The molecule has 1 amide bonds. The van der Waals surface area contributed by atoms with Crippen molar-refractivity contribution < 1.29 is 27.6 Å². The highest BCUT2D eigenvalue weighted by Crippen LogP contribution is 2.38. The highest BCUT2D eigenvalue weighted by molar-refractivity contribution is 5.94. The Hall–Kier alpha value is -3.30. The van der Waals surface area contributed by atoms with Crippen LogP contribution in [0.25, 0.3) is 0 Å². The number of carbonyl (C=O) groups excluding carboxylic acids is 1. The quantitative estimate of drug-likeness (QED) is 0.459. The van der Waals surface area contributed by atoms with Crippen molar-refractivity contribution in [3.8, 4) is 5.75 Å². The third-order valence-corrected chi connectivity index (χ3v) is 5.31. The molecule has 0 aromatic heterocycles. The van der Waals surface area contributed by atoms with Gasteiger partial charge in [-0.2, -0.15) is 13.2 Å². The van der Waals surface area contributed by atoms with E-state index in [1.807, 2.05) is 13.0 Å². The lowest BCUT2D eigenvalue weighted by atomic mass is 9.95. The van der Waals surface area contributed by atoms with Crippen LogP contribution in [0.4, 0.5) is 30.2 Å². The van der Waals surface area contributed by atoms with Crippen molar-refractivity contribution in [2.75, 3.05) is 29.9 Å². The zero-order valence-corrected chi connectivity index (χ0v) is 17.5. The molecule has 0 radical (unpaired) electrons. The summed E-state index contributed by atoms with van der Waals surface area (Å²) in [6.07, 6.45) is -2.99. The number of piperidine rings is 1. The molecule has 1 aliphatic rings. The van der Waals surface area contributed by atoms with Crippen LogP contribution in [-0.4, -0.2) is 30.5 Å². The van der Waals surface area contributed by atoms with Crippen LogP contribution >= 0.6 is 0 Å². The number of nitro groups is 1. The first kappa shape index (κ1) is 23.4. The van der Waals surface area contributed by atoms with Crippen molar-refractivity contribution in [1.29, 1.82) is 0 Å². The molecule has 1 fully saturated rings. The number of nitro benzene ring substituents is 1. The van der Waals surface area contributed by atoms with Crippen LogP contribution in [0, 0.1) is 16.0 Å². The monoisotopic (exact) mass is 451 g/mol. The average molecular weight is 451 g/mol. The molecule has 3 rings (SSSR count). The topological polar surface area (TPSA) is 84.7 Å². The minimum atomic E-state index is -4.66. The van der Waals surface area contributed by atoms with Gasteiger partial charge in [-0.15, -0.1) is 0 Å². The Balaban J connectivity index is 1.67. The van der Waals surface area contributed by atoms with Gasteiger partial charge in [-0.05, 0) is 43.5 Å². The van der Waals surface area contributed by atoms with Crippen molar-refractivity contribution in [2.24, 2.45) is 5.92 Å². The van der Waals surface area contributed by atoms with Crippen molar-refractivity contribution in [2.45, 2.75) is 32.4 Å². The Morgan fingerprint density at radius 3 is 2.53 bits per heavy atom. The number of nitrogens with one attached hydrogen (secondary N) is 1. The van der Waals surface area contributed by atoms with E-state index in [1.54, 1.807) is 23.1 Å². The molecule has 2 aromatic carbocycles. The van der Waals surface area contributed by atoms with Gasteiger partial charge in [-0.1, -0.05) is 19.1 Å².